The molecule has 0 spiro atoms. The average Bonchev–Trinajstić information content (AvgIpc) is 2.79. The summed E-state index contributed by atoms with van der Waals surface area (Å²) in [6, 6.07) is 22.9. The zero-order valence-corrected chi connectivity index (χ0v) is 17.8. The molecular weight excluding hydrogens is 444 g/mol. The summed E-state index contributed by atoms with van der Waals surface area (Å²) in [5.74, 6) is 0.206. The number of hydrogen-bond donors (Lipinski definition) is 2. The van der Waals surface area contributed by atoms with Gasteiger partial charge < -0.3 is 15.4 Å². The van der Waals surface area contributed by atoms with E-state index in [2.05, 4.69) is 26.6 Å². The number of ether oxygens (including phenoxy) is 1. The Bertz CT molecular complexity index is 1040. The second-order valence-electron chi connectivity index (χ2n) is 7.06. The van der Waals surface area contributed by atoms with Crippen LogP contribution >= 0.6 is 15.9 Å². The molecule has 5 nitrogen and oxygen atoms in total. The second kappa shape index (κ2) is 9.13. The molecule has 2 unspecified atom stereocenters. The summed E-state index contributed by atoms with van der Waals surface area (Å²) in [6.45, 7) is 0.520. The van der Waals surface area contributed by atoms with Gasteiger partial charge in [-0.3, -0.25) is 9.59 Å². The van der Waals surface area contributed by atoms with Crippen LogP contribution in [0.1, 0.15) is 40.0 Å². The first-order valence-corrected chi connectivity index (χ1v) is 10.5. The van der Waals surface area contributed by atoms with Crippen molar-refractivity contribution >= 4 is 27.7 Å². The number of carbonyl (C=O) groups excluding carboxylic acids is 2. The zero-order chi connectivity index (χ0) is 20.9. The van der Waals surface area contributed by atoms with Crippen LogP contribution in [-0.2, 0) is 4.79 Å². The Morgan fingerprint density at radius 3 is 2.40 bits per heavy atom. The number of rotatable bonds is 5. The molecule has 2 amide bonds. The number of hydrogen-bond acceptors (Lipinski definition) is 3. The van der Waals surface area contributed by atoms with Gasteiger partial charge in [0, 0.05) is 22.0 Å². The summed E-state index contributed by atoms with van der Waals surface area (Å²) >= 11 is 3.48. The van der Waals surface area contributed by atoms with E-state index >= 15 is 0 Å². The van der Waals surface area contributed by atoms with Gasteiger partial charge in [0.25, 0.3) is 5.91 Å². The van der Waals surface area contributed by atoms with E-state index in [1.165, 1.54) is 0 Å². The molecule has 0 fully saturated rings. The van der Waals surface area contributed by atoms with Gasteiger partial charge >= 0.3 is 0 Å². The highest BCUT2D eigenvalue weighted by atomic mass is 79.9. The summed E-state index contributed by atoms with van der Waals surface area (Å²) in [7, 11) is 0. The lowest BCUT2D eigenvalue weighted by molar-refractivity contribution is -0.124. The fourth-order valence-electron chi connectivity index (χ4n) is 3.52. The molecule has 0 saturated carbocycles. The number of benzene rings is 3. The van der Waals surface area contributed by atoms with Crippen molar-refractivity contribution in [2.24, 2.45) is 0 Å². The molecule has 152 valence electrons. The van der Waals surface area contributed by atoms with Crippen molar-refractivity contribution in [3.05, 3.63) is 100 Å². The van der Waals surface area contributed by atoms with Crippen LogP contribution in [0.5, 0.6) is 5.75 Å². The van der Waals surface area contributed by atoms with Gasteiger partial charge in [-0.05, 0) is 35.9 Å². The lowest BCUT2D eigenvalue weighted by atomic mass is 9.99. The maximum atomic E-state index is 13.3. The van der Waals surface area contributed by atoms with E-state index in [4.69, 9.17) is 4.74 Å². The van der Waals surface area contributed by atoms with Crippen LogP contribution in [0.25, 0.3) is 0 Å². The first-order chi connectivity index (χ1) is 14.6. The van der Waals surface area contributed by atoms with Crippen LogP contribution in [0.4, 0.5) is 0 Å². The molecule has 2 N–H and O–H groups in total. The number of amides is 2. The van der Waals surface area contributed by atoms with Crippen LogP contribution < -0.4 is 15.4 Å². The zero-order valence-electron chi connectivity index (χ0n) is 16.2. The Labute approximate surface area is 183 Å². The standard InChI is InChI=1S/C24H21BrN2O3/c25-18-11-12-21-19(15-18)20(13-14-30-21)26-24(29)22(16-7-3-1-4-8-16)27-23(28)17-9-5-2-6-10-17/h1-12,15,20,22H,13-14H2,(H,26,29)(H,27,28). The first-order valence-electron chi connectivity index (χ1n) is 9.75. The first kappa shape index (κ1) is 20.2. The topological polar surface area (TPSA) is 67.4 Å². The lowest BCUT2D eigenvalue weighted by Crippen LogP contribution is -2.42. The smallest absolute Gasteiger partial charge is 0.252 e. The van der Waals surface area contributed by atoms with Gasteiger partial charge in [-0.15, -0.1) is 0 Å². The van der Waals surface area contributed by atoms with Crippen LogP contribution in [0.2, 0.25) is 0 Å². The van der Waals surface area contributed by atoms with E-state index in [9.17, 15) is 9.59 Å². The summed E-state index contributed by atoms with van der Waals surface area (Å²) < 4.78 is 6.64. The summed E-state index contributed by atoms with van der Waals surface area (Å²) in [5.41, 5.74) is 2.15. The number of halogens is 1. The molecular formula is C24H21BrN2O3. The predicted octanol–water partition coefficient (Wildman–Crippen LogP) is 4.56. The van der Waals surface area contributed by atoms with Crippen LogP contribution in [0.15, 0.2) is 83.3 Å². The highest BCUT2D eigenvalue weighted by Gasteiger charge is 2.28. The average molecular weight is 465 g/mol. The number of carbonyl (C=O) groups is 2. The minimum atomic E-state index is -0.808. The van der Waals surface area contributed by atoms with Gasteiger partial charge in [-0.25, -0.2) is 0 Å². The van der Waals surface area contributed by atoms with E-state index in [1.807, 2.05) is 54.6 Å². The van der Waals surface area contributed by atoms with Crippen molar-refractivity contribution in [1.82, 2.24) is 10.6 Å². The predicted molar refractivity (Wildman–Crippen MR) is 118 cm³/mol. The van der Waals surface area contributed by atoms with Gasteiger partial charge in [0.05, 0.1) is 12.6 Å². The quantitative estimate of drug-likeness (QED) is 0.581. The van der Waals surface area contributed by atoms with Crippen molar-refractivity contribution in [3.8, 4) is 5.75 Å². The third-order valence-corrected chi connectivity index (χ3v) is 5.53. The van der Waals surface area contributed by atoms with Gasteiger partial charge in [0.2, 0.25) is 5.91 Å². The van der Waals surface area contributed by atoms with Gasteiger partial charge in [-0.1, -0.05) is 64.5 Å². The Hall–Kier alpha value is -3.12. The Morgan fingerprint density at radius 1 is 0.967 bits per heavy atom. The van der Waals surface area contributed by atoms with E-state index < -0.39 is 6.04 Å². The molecule has 3 aromatic carbocycles. The highest BCUT2D eigenvalue weighted by molar-refractivity contribution is 9.10. The van der Waals surface area contributed by atoms with E-state index in [0.717, 1.165) is 21.3 Å². The van der Waals surface area contributed by atoms with Crippen molar-refractivity contribution in [3.63, 3.8) is 0 Å². The molecule has 1 aliphatic rings. The highest BCUT2D eigenvalue weighted by Crippen LogP contribution is 2.34. The van der Waals surface area contributed by atoms with Crippen LogP contribution in [0.3, 0.4) is 0 Å². The van der Waals surface area contributed by atoms with Gasteiger partial charge in [-0.2, -0.15) is 0 Å². The molecule has 3 aromatic rings. The van der Waals surface area contributed by atoms with E-state index in [0.29, 0.717) is 18.6 Å². The Kier molecular flexibility index (Phi) is 6.14. The number of fused-ring (bicyclic) bond motifs is 1. The molecule has 0 bridgehead atoms. The summed E-state index contributed by atoms with van der Waals surface area (Å²) in [5, 5.41) is 5.99. The number of nitrogens with one attached hydrogen (secondary N) is 2. The fraction of sp³-hybridized carbons (Fsp3) is 0.167. The molecule has 6 heteroatoms. The molecule has 30 heavy (non-hydrogen) atoms. The monoisotopic (exact) mass is 464 g/mol. The molecule has 0 radical (unpaired) electrons. The largest absolute Gasteiger partial charge is 0.493 e. The molecule has 0 aliphatic carbocycles. The van der Waals surface area contributed by atoms with Crippen LogP contribution in [0, 0.1) is 0 Å². The third-order valence-electron chi connectivity index (χ3n) is 5.03. The van der Waals surface area contributed by atoms with Gasteiger partial charge in [0.15, 0.2) is 0 Å². The Balaban J connectivity index is 1.58. The van der Waals surface area contributed by atoms with E-state index in [-0.39, 0.29) is 17.9 Å². The van der Waals surface area contributed by atoms with Crippen molar-refractivity contribution in [2.75, 3.05) is 6.61 Å². The molecule has 1 aliphatic heterocycles. The molecule has 0 aromatic heterocycles. The summed E-state index contributed by atoms with van der Waals surface area (Å²) in [6.07, 6.45) is 0.656. The molecule has 0 saturated heterocycles. The van der Waals surface area contributed by atoms with Crippen LogP contribution in [-0.4, -0.2) is 18.4 Å². The maximum Gasteiger partial charge on any atom is 0.252 e. The minimum Gasteiger partial charge on any atom is -0.493 e. The SMILES string of the molecule is O=C(NC(C(=O)NC1CCOc2ccc(Br)cc21)c1ccccc1)c1ccccc1. The molecule has 2 atom stereocenters. The fourth-order valence-corrected chi connectivity index (χ4v) is 3.90. The minimum absolute atomic E-state index is 0.196. The molecule has 4 rings (SSSR count). The van der Waals surface area contributed by atoms with Crippen molar-refractivity contribution in [2.45, 2.75) is 18.5 Å². The molecule has 1 heterocycles. The summed E-state index contributed by atoms with van der Waals surface area (Å²) in [4.78, 5) is 26.0. The second-order valence-corrected chi connectivity index (χ2v) is 7.98. The maximum absolute atomic E-state index is 13.3. The van der Waals surface area contributed by atoms with Gasteiger partial charge in [0.1, 0.15) is 11.8 Å². The lowest BCUT2D eigenvalue weighted by Gasteiger charge is -2.29. The van der Waals surface area contributed by atoms with E-state index in [1.54, 1.807) is 24.3 Å². The van der Waals surface area contributed by atoms with Crippen molar-refractivity contribution in [1.29, 1.82) is 0 Å². The third kappa shape index (κ3) is 4.54. The Morgan fingerprint density at radius 2 is 1.67 bits per heavy atom. The normalized spacial score (nSPS) is 16.0. The van der Waals surface area contributed by atoms with Crippen molar-refractivity contribution < 1.29 is 14.3 Å².